The van der Waals surface area contributed by atoms with Crippen LogP contribution in [0.1, 0.15) is 52.4 Å². The van der Waals surface area contributed by atoms with Gasteiger partial charge in [0, 0.05) is 55.0 Å². The van der Waals surface area contributed by atoms with Crippen LogP contribution in [0.5, 0.6) is 0 Å². The Hall–Kier alpha value is -2.42. The monoisotopic (exact) mass is 463 g/mol. The summed E-state index contributed by atoms with van der Waals surface area (Å²) in [6, 6.07) is 6.06. The van der Waals surface area contributed by atoms with E-state index in [1.807, 2.05) is 25.1 Å². The lowest BCUT2D eigenvalue weighted by Gasteiger charge is -2.14. The summed E-state index contributed by atoms with van der Waals surface area (Å²) in [7, 11) is 0. The lowest BCUT2D eigenvalue weighted by Crippen LogP contribution is -2.25. The second-order valence-corrected chi connectivity index (χ2v) is 7.84. The number of nitrogens with one attached hydrogen (secondary N) is 3. The fraction of sp³-hybridized carbons (Fsp3) is 0.429. The summed E-state index contributed by atoms with van der Waals surface area (Å²) in [4.78, 5) is 12.9. The molecular weight excluding hydrogens is 437 g/mol. The molecule has 0 radical (unpaired) electrons. The number of amides is 1. The quantitative estimate of drug-likeness (QED) is 0.552. The van der Waals surface area contributed by atoms with Gasteiger partial charge in [-0.3, -0.25) is 9.89 Å². The Morgan fingerprint density at radius 2 is 2.00 bits per heavy atom. The molecule has 5 rings (SSSR count). The maximum Gasteiger partial charge on any atom is 0.276 e. The van der Waals surface area contributed by atoms with Gasteiger partial charge in [0.05, 0.1) is 0 Å². The van der Waals surface area contributed by atoms with E-state index in [0.717, 1.165) is 78.5 Å². The number of aryl methyl sites for hydroxylation is 2. The summed E-state index contributed by atoms with van der Waals surface area (Å²) in [5.41, 5.74) is 5.22. The summed E-state index contributed by atoms with van der Waals surface area (Å²) >= 11 is 0. The third-order valence-electron chi connectivity index (χ3n) is 5.87. The number of H-pyrrole nitrogens is 1. The summed E-state index contributed by atoms with van der Waals surface area (Å²) < 4.78 is 2.22. The number of hydrogen-bond donors (Lipinski definition) is 3. The van der Waals surface area contributed by atoms with Crippen molar-refractivity contribution in [2.24, 2.45) is 0 Å². The van der Waals surface area contributed by atoms with Gasteiger partial charge in [-0.15, -0.1) is 35.0 Å². The third kappa shape index (κ3) is 4.46. The summed E-state index contributed by atoms with van der Waals surface area (Å²) in [5, 5.41) is 22.5. The molecular formula is C21H27Cl2N7O. The predicted octanol–water partition coefficient (Wildman–Crippen LogP) is 3.44. The fourth-order valence-electron chi connectivity index (χ4n) is 4.19. The Morgan fingerprint density at radius 3 is 2.87 bits per heavy atom. The number of aromatic nitrogens is 5. The first kappa shape index (κ1) is 23.2. The van der Waals surface area contributed by atoms with Crippen LogP contribution in [0.2, 0.25) is 0 Å². The topological polar surface area (TPSA) is 101 Å². The van der Waals surface area contributed by atoms with E-state index in [9.17, 15) is 4.79 Å². The molecule has 0 fully saturated rings. The molecule has 166 valence electrons. The number of carbonyl (C=O) groups is 1. The van der Waals surface area contributed by atoms with Crippen molar-refractivity contribution in [1.29, 1.82) is 0 Å². The minimum absolute atomic E-state index is 0. The molecule has 0 bridgehead atoms. The SMILES string of the molecule is Cc1ccc(-c2nnc3n2CCCCC3)cc1NC(=O)c1n[nH]c2c1CNCC2.Cl.Cl. The summed E-state index contributed by atoms with van der Waals surface area (Å²) in [6.45, 7) is 4.50. The highest BCUT2D eigenvalue weighted by molar-refractivity contribution is 6.04. The zero-order valence-corrected chi connectivity index (χ0v) is 19.0. The van der Waals surface area contributed by atoms with Crippen molar-refractivity contribution in [1.82, 2.24) is 30.3 Å². The third-order valence-corrected chi connectivity index (χ3v) is 5.87. The van der Waals surface area contributed by atoms with Crippen LogP contribution in [0, 0.1) is 6.92 Å². The molecule has 2 aromatic heterocycles. The van der Waals surface area contributed by atoms with Gasteiger partial charge in [-0.2, -0.15) is 5.10 Å². The summed E-state index contributed by atoms with van der Waals surface area (Å²) in [5.74, 6) is 1.74. The Bertz CT molecular complexity index is 1080. The van der Waals surface area contributed by atoms with Gasteiger partial charge >= 0.3 is 0 Å². The number of fused-ring (bicyclic) bond motifs is 2. The van der Waals surface area contributed by atoms with Crippen LogP contribution in [-0.4, -0.2) is 37.4 Å². The Balaban J connectivity index is 0.00000136. The maximum absolute atomic E-state index is 12.9. The molecule has 0 saturated heterocycles. The number of halogens is 2. The fourth-order valence-corrected chi connectivity index (χ4v) is 4.19. The van der Waals surface area contributed by atoms with Gasteiger partial charge in [-0.25, -0.2) is 0 Å². The molecule has 0 atom stereocenters. The van der Waals surface area contributed by atoms with E-state index in [1.165, 1.54) is 6.42 Å². The Labute approximate surface area is 193 Å². The normalized spacial score (nSPS) is 15.0. The molecule has 31 heavy (non-hydrogen) atoms. The molecule has 10 heteroatoms. The van der Waals surface area contributed by atoms with E-state index < -0.39 is 0 Å². The highest BCUT2D eigenvalue weighted by Gasteiger charge is 2.22. The van der Waals surface area contributed by atoms with Crippen LogP contribution < -0.4 is 10.6 Å². The molecule has 0 aliphatic carbocycles. The zero-order valence-electron chi connectivity index (χ0n) is 17.4. The Kier molecular flexibility index (Phi) is 7.35. The molecule has 2 aliphatic heterocycles. The van der Waals surface area contributed by atoms with Gasteiger partial charge < -0.3 is 15.2 Å². The van der Waals surface area contributed by atoms with Crippen LogP contribution >= 0.6 is 24.8 Å². The molecule has 4 heterocycles. The van der Waals surface area contributed by atoms with Crippen LogP contribution in [-0.2, 0) is 25.9 Å². The van der Waals surface area contributed by atoms with Gasteiger partial charge in [-0.05, 0) is 31.4 Å². The molecule has 2 aliphatic rings. The largest absolute Gasteiger partial charge is 0.320 e. The van der Waals surface area contributed by atoms with Crippen LogP contribution in [0.25, 0.3) is 11.4 Å². The van der Waals surface area contributed by atoms with E-state index in [0.29, 0.717) is 12.2 Å². The van der Waals surface area contributed by atoms with Gasteiger partial charge in [0.25, 0.3) is 5.91 Å². The van der Waals surface area contributed by atoms with E-state index in [2.05, 4.69) is 35.6 Å². The van der Waals surface area contributed by atoms with Crippen molar-refractivity contribution in [2.75, 3.05) is 11.9 Å². The number of anilines is 1. The second-order valence-electron chi connectivity index (χ2n) is 7.84. The number of carbonyl (C=O) groups excluding carboxylic acids is 1. The average molecular weight is 464 g/mol. The predicted molar refractivity (Wildman–Crippen MR) is 124 cm³/mol. The molecule has 0 spiro atoms. The highest BCUT2D eigenvalue weighted by atomic mass is 35.5. The number of rotatable bonds is 3. The van der Waals surface area contributed by atoms with Crippen molar-refractivity contribution < 1.29 is 4.79 Å². The van der Waals surface area contributed by atoms with E-state index >= 15 is 0 Å². The molecule has 3 aromatic rings. The molecule has 8 nitrogen and oxygen atoms in total. The molecule has 1 aromatic carbocycles. The lowest BCUT2D eigenvalue weighted by atomic mass is 10.1. The minimum atomic E-state index is -0.188. The number of benzene rings is 1. The minimum Gasteiger partial charge on any atom is -0.320 e. The molecule has 1 amide bonds. The second kappa shape index (κ2) is 9.80. The number of nitrogens with zero attached hydrogens (tertiary/aromatic N) is 4. The average Bonchev–Trinajstić information content (AvgIpc) is 3.27. The van der Waals surface area contributed by atoms with Gasteiger partial charge in [-0.1, -0.05) is 18.6 Å². The molecule has 0 saturated carbocycles. The van der Waals surface area contributed by atoms with Crippen molar-refractivity contribution >= 4 is 36.4 Å². The van der Waals surface area contributed by atoms with Crippen molar-refractivity contribution in [3.05, 3.63) is 46.5 Å². The first-order valence-electron chi connectivity index (χ1n) is 10.3. The zero-order chi connectivity index (χ0) is 19.8. The first-order valence-corrected chi connectivity index (χ1v) is 10.3. The van der Waals surface area contributed by atoms with Crippen molar-refractivity contribution in [2.45, 2.75) is 52.1 Å². The summed E-state index contributed by atoms with van der Waals surface area (Å²) in [6.07, 6.45) is 5.37. The van der Waals surface area contributed by atoms with Crippen LogP contribution in [0.15, 0.2) is 18.2 Å². The van der Waals surface area contributed by atoms with E-state index in [4.69, 9.17) is 0 Å². The maximum atomic E-state index is 12.9. The molecule has 0 unspecified atom stereocenters. The van der Waals surface area contributed by atoms with Crippen molar-refractivity contribution in [3.8, 4) is 11.4 Å². The number of hydrogen-bond acceptors (Lipinski definition) is 5. The Morgan fingerprint density at radius 1 is 1.13 bits per heavy atom. The smallest absolute Gasteiger partial charge is 0.276 e. The lowest BCUT2D eigenvalue weighted by molar-refractivity contribution is 0.102. The standard InChI is InChI=1S/C21H25N7O.2ClH/c1-13-6-7-14(20-27-25-18-5-3-2-4-10-28(18)20)11-17(13)23-21(29)19-15-12-22-9-8-16(15)24-26-19;;/h6-7,11,22H,2-5,8-10,12H2,1H3,(H,23,29)(H,24,26);2*1H. The van der Waals surface area contributed by atoms with Gasteiger partial charge in [0.1, 0.15) is 5.82 Å². The van der Waals surface area contributed by atoms with E-state index in [-0.39, 0.29) is 30.7 Å². The van der Waals surface area contributed by atoms with Crippen LogP contribution in [0.4, 0.5) is 5.69 Å². The highest BCUT2D eigenvalue weighted by Crippen LogP contribution is 2.27. The van der Waals surface area contributed by atoms with Gasteiger partial charge in [0.15, 0.2) is 11.5 Å². The molecule has 3 N–H and O–H groups in total. The number of aromatic amines is 1. The van der Waals surface area contributed by atoms with Crippen LogP contribution in [0.3, 0.4) is 0 Å². The first-order chi connectivity index (χ1) is 14.2. The van der Waals surface area contributed by atoms with Gasteiger partial charge in [0.2, 0.25) is 0 Å². The van der Waals surface area contributed by atoms with E-state index in [1.54, 1.807) is 0 Å². The van der Waals surface area contributed by atoms with Crippen molar-refractivity contribution in [3.63, 3.8) is 0 Å².